The van der Waals surface area contributed by atoms with Gasteiger partial charge in [0.1, 0.15) is 23.6 Å². The van der Waals surface area contributed by atoms with Gasteiger partial charge in [0.25, 0.3) is 0 Å². The Labute approximate surface area is 111 Å². The second-order valence-electron chi connectivity index (χ2n) is 3.40. The zero-order valence-corrected chi connectivity index (χ0v) is 10.4. The average Bonchev–Trinajstić information content (AvgIpc) is 2.47. The van der Waals surface area contributed by atoms with Crippen LogP contribution in [0.5, 0.6) is 5.75 Å². The number of nitrogens with two attached hydrogens (primary N) is 1. The highest BCUT2D eigenvalue weighted by Crippen LogP contribution is 2.11. The van der Waals surface area contributed by atoms with Crippen molar-refractivity contribution in [3.05, 3.63) is 47.3 Å². The van der Waals surface area contributed by atoms with Crippen LogP contribution in [0.1, 0.15) is 5.56 Å². The van der Waals surface area contributed by atoms with E-state index in [1.807, 2.05) is 24.3 Å². The van der Waals surface area contributed by atoms with Crippen LogP contribution in [0.3, 0.4) is 0 Å². The fourth-order valence-electron chi connectivity index (χ4n) is 1.20. The van der Waals surface area contributed by atoms with Crippen LogP contribution < -0.4 is 10.5 Å². The molecule has 0 aliphatic rings. The third-order valence-electron chi connectivity index (χ3n) is 2.18. The Morgan fingerprint density at radius 1 is 1.26 bits per heavy atom. The summed E-state index contributed by atoms with van der Waals surface area (Å²) in [7, 11) is 1.60. The Morgan fingerprint density at radius 3 is 2.47 bits per heavy atom. The van der Waals surface area contributed by atoms with Gasteiger partial charge in [0.05, 0.1) is 7.11 Å². The van der Waals surface area contributed by atoms with Crippen molar-refractivity contribution in [3.8, 4) is 17.9 Å². The van der Waals surface area contributed by atoms with Crippen LogP contribution >= 0.6 is 0 Å². The van der Waals surface area contributed by atoms with Crippen LogP contribution in [0.15, 0.2) is 46.7 Å². The maximum atomic E-state index is 8.71. The van der Waals surface area contributed by atoms with E-state index in [1.54, 1.807) is 31.4 Å². The molecule has 5 heteroatoms. The molecule has 0 atom stereocenters. The van der Waals surface area contributed by atoms with Gasteiger partial charge in [-0.25, -0.2) is 4.99 Å². The summed E-state index contributed by atoms with van der Waals surface area (Å²) in [4.78, 5) is 3.80. The molecule has 2 N–H and O–H groups in total. The van der Waals surface area contributed by atoms with E-state index < -0.39 is 0 Å². The fraction of sp³-hybridized carbons (Fsp3) is 0.0714. The third-order valence-corrected chi connectivity index (χ3v) is 2.18. The van der Waals surface area contributed by atoms with Gasteiger partial charge in [-0.3, -0.25) is 0 Å². The summed E-state index contributed by atoms with van der Waals surface area (Å²) >= 11 is 0. The summed E-state index contributed by atoms with van der Waals surface area (Å²) < 4.78 is 5.04. The second-order valence-corrected chi connectivity index (χ2v) is 3.40. The van der Waals surface area contributed by atoms with Crippen molar-refractivity contribution in [3.63, 3.8) is 0 Å². The van der Waals surface area contributed by atoms with E-state index in [0.717, 1.165) is 11.3 Å². The number of ether oxygens (including phenoxy) is 1. The standard InChI is InChI=1S/C14H12N4O/c1-19-12-6-4-11(5-7-12)3-2-8-18-14(10-16)13(17)9-15/h2-8H,17H2,1H3/b3-2+,14-13-,18-8+. The predicted molar refractivity (Wildman–Crippen MR) is 73.0 cm³/mol. The Balaban J connectivity index is 2.73. The highest BCUT2D eigenvalue weighted by Gasteiger charge is 1.96. The summed E-state index contributed by atoms with van der Waals surface area (Å²) in [5, 5.41) is 17.2. The molecule has 0 bridgehead atoms. The van der Waals surface area contributed by atoms with E-state index in [2.05, 4.69) is 4.99 Å². The smallest absolute Gasteiger partial charge is 0.174 e. The quantitative estimate of drug-likeness (QED) is 0.654. The lowest BCUT2D eigenvalue weighted by Crippen LogP contribution is -1.97. The molecular weight excluding hydrogens is 240 g/mol. The molecule has 0 saturated heterocycles. The summed E-state index contributed by atoms with van der Waals surface area (Å²) in [6.07, 6.45) is 4.87. The van der Waals surface area contributed by atoms with Crippen LogP contribution in [-0.2, 0) is 0 Å². The van der Waals surface area contributed by atoms with Gasteiger partial charge in [-0.05, 0) is 23.8 Å². The first-order valence-corrected chi connectivity index (χ1v) is 5.36. The van der Waals surface area contributed by atoms with E-state index >= 15 is 0 Å². The average molecular weight is 252 g/mol. The largest absolute Gasteiger partial charge is 0.497 e. The molecule has 5 nitrogen and oxygen atoms in total. The number of hydrogen-bond acceptors (Lipinski definition) is 5. The molecule has 94 valence electrons. The van der Waals surface area contributed by atoms with Crippen LogP contribution in [0.4, 0.5) is 0 Å². The molecule has 0 aliphatic heterocycles. The van der Waals surface area contributed by atoms with Crippen LogP contribution in [0, 0.1) is 22.7 Å². The minimum Gasteiger partial charge on any atom is -0.497 e. The van der Waals surface area contributed by atoms with Gasteiger partial charge in [-0.2, -0.15) is 10.5 Å². The monoisotopic (exact) mass is 252 g/mol. The summed E-state index contributed by atoms with van der Waals surface area (Å²) in [6, 6.07) is 10.9. The molecular formula is C14H12N4O. The molecule has 1 aromatic rings. The molecule has 0 radical (unpaired) electrons. The lowest BCUT2D eigenvalue weighted by atomic mass is 10.2. The maximum Gasteiger partial charge on any atom is 0.174 e. The summed E-state index contributed by atoms with van der Waals surface area (Å²) in [6.45, 7) is 0. The van der Waals surface area contributed by atoms with E-state index in [4.69, 9.17) is 21.0 Å². The van der Waals surface area contributed by atoms with E-state index in [-0.39, 0.29) is 11.4 Å². The van der Waals surface area contributed by atoms with Crippen molar-refractivity contribution in [2.45, 2.75) is 0 Å². The number of nitriles is 2. The Morgan fingerprint density at radius 2 is 1.95 bits per heavy atom. The molecule has 0 aromatic heterocycles. The van der Waals surface area contributed by atoms with Crippen molar-refractivity contribution in [1.82, 2.24) is 0 Å². The van der Waals surface area contributed by atoms with Crippen LogP contribution in [0.25, 0.3) is 6.08 Å². The molecule has 1 rings (SSSR count). The van der Waals surface area contributed by atoms with Crippen LogP contribution in [0.2, 0.25) is 0 Å². The number of nitrogens with zero attached hydrogens (tertiary/aromatic N) is 3. The highest BCUT2D eigenvalue weighted by molar-refractivity contribution is 5.79. The Kier molecular flexibility index (Phi) is 5.39. The number of benzene rings is 1. The van der Waals surface area contributed by atoms with Crippen molar-refractivity contribution in [2.24, 2.45) is 10.7 Å². The minimum absolute atomic E-state index is 0.0955. The normalized spacial score (nSPS) is 11.9. The maximum absolute atomic E-state index is 8.71. The number of hydrogen-bond donors (Lipinski definition) is 1. The van der Waals surface area contributed by atoms with Gasteiger partial charge in [0, 0.05) is 6.21 Å². The van der Waals surface area contributed by atoms with E-state index in [9.17, 15) is 0 Å². The zero-order chi connectivity index (χ0) is 14.1. The molecule has 0 fully saturated rings. The molecule has 19 heavy (non-hydrogen) atoms. The molecule has 1 aromatic carbocycles. The Bertz CT molecular complexity index is 598. The first-order chi connectivity index (χ1) is 9.21. The van der Waals surface area contributed by atoms with Crippen molar-refractivity contribution >= 4 is 12.3 Å². The molecule has 0 saturated carbocycles. The van der Waals surface area contributed by atoms with Crippen molar-refractivity contribution in [2.75, 3.05) is 7.11 Å². The predicted octanol–water partition coefficient (Wildman–Crippen LogP) is 2.00. The van der Waals surface area contributed by atoms with Gasteiger partial charge in [0.2, 0.25) is 0 Å². The van der Waals surface area contributed by atoms with E-state index in [0.29, 0.717) is 0 Å². The number of methoxy groups -OCH3 is 1. The van der Waals surface area contributed by atoms with Gasteiger partial charge in [0.15, 0.2) is 5.70 Å². The molecule has 0 heterocycles. The third kappa shape index (κ3) is 4.37. The number of aliphatic imine (C=N–C) groups is 1. The summed E-state index contributed by atoms with van der Waals surface area (Å²) in [5.74, 6) is 0.780. The first kappa shape index (κ1) is 14.0. The fourth-order valence-corrected chi connectivity index (χ4v) is 1.20. The zero-order valence-electron chi connectivity index (χ0n) is 10.4. The molecule has 0 aliphatic carbocycles. The number of allylic oxidation sites excluding steroid dienone is 3. The van der Waals surface area contributed by atoms with Crippen molar-refractivity contribution in [1.29, 1.82) is 10.5 Å². The number of rotatable bonds is 4. The van der Waals surface area contributed by atoms with Gasteiger partial charge in [-0.1, -0.05) is 18.2 Å². The molecule has 0 unspecified atom stereocenters. The van der Waals surface area contributed by atoms with Gasteiger partial charge in [-0.15, -0.1) is 0 Å². The van der Waals surface area contributed by atoms with Crippen LogP contribution in [-0.4, -0.2) is 13.3 Å². The SMILES string of the molecule is COc1ccc(/C=C/C=N/C(C#N)=C(\N)C#N)cc1. The first-order valence-electron chi connectivity index (χ1n) is 5.36. The highest BCUT2D eigenvalue weighted by atomic mass is 16.5. The summed E-state index contributed by atoms with van der Waals surface area (Å²) in [5.41, 5.74) is 5.97. The van der Waals surface area contributed by atoms with Gasteiger partial charge >= 0.3 is 0 Å². The Hall–Kier alpha value is -3.05. The lowest BCUT2D eigenvalue weighted by molar-refractivity contribution is 0.415. The topological polar surface area (TPSA) is 95.2 Å². The molecule has 0 spiro atoms. The molecule has 0 amide bonds. The van der Waals surface area contributed by atoms with E-state index in [1.165, 1.54) is 6.21 Å². The minimum atomic E-state index is -0.198. The van der Waals surface area contributed by atoms with Gasteiger partial charge < -0.3 is 10.5 Å². The lowest BCUT2D eigenvalue weighted by Gasteiger charge is -1.98. The second kappa shape index (κ2) is 7.31. The van der Waals surface area contributed by atoms with Crippen molar-refractivity contribution < 1.29 is 4.74 Å².